The number of aliphatic hydroxyl groups is 2. The highest BCUT2D eigenvalue weighted by molar-refractivity contribution is 5.90. The summed E-state index contributed by atoms with van der Waals surface area (Å²) in [4.78, 5) is 38.5. The highest BCUT2D eigenvalue weighted by atomic mass is 16.3. The number of hydrogen-bond acceptors (Lipinski definition) is 6. The van der Waals surface area contributed by atoms with Gasteiger partial charge in [-0.1, -0.05) is 79.9 Å². The lowest BCUT2D eigenvalue weighted by Gasteiger charge is -2.27. The number of aliphatic hydroxyl groups excluding tert-OH is 2. The van der Waals surface area contributed by atoms with Gasteiger partial charge in [-0.05, 0) is 42.7 Å². The topological polar surface area (TPSA) is 154 Å². The molecule has 2 aromatic carbocycles. The zero-order chi connectivity index (χ0) is 27.3. The van der Waals surface area contributed by atoms with Crippen LogP contribution in [0.4, 0.5) is 0 Å². The van der Waals surface area contributed by atoms with E-state index in [2.05, 4.69) is 16.0 Å². The van der Waals surface area contributed by atoms with Gasteiger partial charge in [0.25, 0.3) is 5.91 Å². The molecule has 1 saturated carbocycles. The molecule has 9 nitrogen and oxygen atoms in total. The second-order valence-electron chi connectivity index (χ2n) is 10.0. The lowest BCUT2D eigenvalue weighted by atomic mass is 9.89. The van der Waals surface area contributed by atoms with Gasteiger partial charge in [0.05, 0.1) is 18.7 Å². The molecule has 0 bridgehead atoms. The van der Waals surface area contributed by atoms with Crippen molar-refractivity contribution in [3.05, 3.63) is 71.8 Å². The first-order chi connectivity index (χ1) is 18.4. The quantitative estimate of drug-likeness (QED) is 0.228. The summed E-state index contributed by atoms with van der Waals surface area (Å²) in [6.07, 6.45) is 4.51. The Labute approximate surface area is 224 Å². The summed E-state index contributed by atoms with van der Waals surface area (Å²) in [6, 6.07) is 15.2. The van der Waals surface area contributed by atoms with E-state index < -0.39 is 48.6 Å². The molecule has 0 unspecified atom stereocenters. The maximum atomic E-state index is 13.1. The van der Waals surface area contributed by atoms with Crippen LogP contribution >= 0.6 is 0 Å². The van der Waals surface area contributed by atoms with E-state index in [1.165, 1.54) is 6.42 Å². The molecule has 7 N–H and O–H groups in total. The maximum absolute atomic E-state index is 13.1. The molecule has 3 amide bonds. The smallest absolute Gasteiger partial charge is 0.251 e. The molecule has 0 radical (unpaired) electrons. The number of nitrogens with one attached hydrogen (secondary N) is 3. The van der Waals surface area contributed by atoms with Crippen molar-refractivity contribution in [3.8, 4) is 0 Å². The Balaban J connectivity index is 1.62. The maximum Gasteiger partial charge on any atom is 0.251 e. The van der Waals surface area contributed by atoms with Gasteiger partial charge in [0, 0.05) is 6.54 Å². The van der Waals surface area contributed by atoms with Crippen LogP contribution in [0.15, 0.2) is 60.7 Å². The Morgan fingerprint density at radius 2 is 1.39 bits per heavy atom. The Kier molecular flexibility index (Phi) is 11.7. The molecule has 1 aliphatic rings. The third kappa shape index (κ3) is 9.24. The van der Waals surface area contributed by atoms with Gasteiger partial charge in [0.2, 0.25) is 11.8 Å². The summed E-state index contributed by atoms with van der Waals surface area (Å²) in [5.41, 5.74) is 7.70. The highest BCUT2D eigenvalue weighted by Crippen LogP contribution is 2.22. The van der Waals surface area contributed by atoms with Gasteiger partial charge in [-0.15, -0.1) is 0 Å². The van der Waals surface area contributed by atoms with Crippen molar-refractivity contribution in [1.82, 2.24) is 16.0 Å². The molecule has 0 spiro atoms. The van der Waals surface area contributed by atoms with Crippen LogP contribution in [0.5, 0.6) is 0 Å². The minimum Gasteiger partial charge on any atom is -0.394 e. The minimum absolute atomic E-state index is 0.185. The fourth-order valence-electron chi connectivity index (χ4n) is 4.75. The van der Waals surface area contributed by atoms with Crippen LogP contribution in [0.2, 0.25) is 0 Å². The molecule has 0 aliphatic heterocycles. The van der Waals surface area contributed by atoms with E-state index in [0.29, 0.717) is 12.5 Å². The second-order valence-corrected chi connectivity index (χ2v) is 10.0. The molecule has 0 saturated heterocycles. The van der Waals surface area contributed by atoms with Crippen molar-refractivity contribution in [2.24, 2.45) is 11.7 Å². The number of nitrogens with two attached hydrogens (primary N) is 1. The fourth-order valence-corrected chi connectivity index (χ4v) is 4.75. The fraction of sp³-hybridized carbons (Fsp3) is 0.483. The van der Waals surface area contributed by atoms with Gasteiger partial charge in [-0.3, -0.25) is 14.4 Å². The van der Waals surface area contributed by atoms with E-state index in [0.717, 1.165) is 36.8 Å². The lowest BCUT2D eigenvalue weighted by molar-refractivity contribution is -0.134. The van der Waals surface area contributed by atoms with Crippen LogP contribution in [0, 0.1) is 5.92 Å². The number of carbonyl (C=O) groups is 3. The molecule has 0 aromatic heterocycles. The highest BCUT2D eigenvalue weighted by Gasteiger charge is 2.31. The molecule has 2 aromatic rings. The average molecular weight is 525 g/mol. The zero-order valence-electron chi connectivity index (χ0n) is 21.7. The first-order valence-electron chi connectivity index (χ1n) is 13.4. The van der Waals surface area contributed by atoms with Crippen molar-refractivity contribution in [2.45, 2.75) is 69.2 Å². The summed E-state index contributed by atoms with van der Waals surface area (Å²) >= 11 is 0. The Morgan fingerprint density at radius 3 is 1.97 bits per heavy atom. The number of rotatable bonds is 13. The van der Waals surface area contributed by atoms with Crippen LogP contribution in [-0.4, -0.2) is 65.3 Å². The molecule has 1 fully saturated rings. The summed E-state index contributed by atoms with van der Waals surface area (Å²) in [6.45, 7) is -0.186. The lowest BCUT2D eigenvalue weighted by Crippen LogP contribution is -2.58. The summed E-state index contributed by atoms with van der Waals surface area (Å²) in [5.74, 6) is -1.48. The predicted molar refractivity (Wildman–Crippen MR) is 145 cm³/mol. The summed E-state index contributed by atoms with van der Waals surface area (Å²) in [5, 5.41) is 28.7. The van der Waals surface area contributed by atoms with Crippen molar-refractivity contribution < 1.29 is 24.6 Å². The normalized spacial score (nSPS) is 17.0. The molecule has 3 rings (SSSR count). The largest absolute Gasteiger partial charge is 0.394 e. The third-order valence-corrected chi connectivity index (χ3v) is 7.02. The van der Waals surface area contributed by atoms with Crippen LogP contribution in [-0.2, 0) is 27.2 Å². The van der Waals surface area contributed by atoms with Gasteiger partial charge in [0.15, 0.2) is 6.10 Å². The molecular formula is C29H40N4O5. The number of benzene rings is 2. The van der Waals surface area contributed by atoms with Gasteiger partial charge in [0.1, 0.15) is 6.04 Å². The minimum atomic E-state index is -1.52. The molecular weight excluding hydrogens is 484 g/mol. The van der Waals surface area contributed by atoms with Crippen LogP contribution in [0.1, 0.15) is 43.2 Å². The Morgan fingerprint density at radius 1 is 0.816 bits per heavy atom. The standard InChI is InChI=1S/C29H40N4O5/c30-23(16-20-10-4-1-5-11-20)27(36)33-25(19-34)28(37)32-24(17-21-12-6-2-7-13-21)26(35)29(38)31-18-22-14-8-3-9-15-22/h1-2,4-7,10-13,22-26,34-35H,3,8-9,14-19,30H2,(H,31,38)(H,32,37)(H,33,36)/t23-,24-,25-,26-/m0/s1. The van der Waals surface area contributed by atoms with E-state index in [9.17, 15) is 24.6 Å². The van der Waals surface area contributed by atoms with E-state index in [1.807, 2.05) is 60.7 Å². The van der Waals surface area contributed by atoms with E-state index in [4.69, 9.17) is 5.73 Å². The third-order valence-electron chi connectivity index (χ3n) is 7.02. The van der Waals surface area contributed by atoms with Crippen molar-refractivity contribution in [1.29, 1.82) is 0 Å². The summed E-state index contributed by atoms with van der Waals surface area (Å²) < 4.78 is 0. The van der Waals surface area contributed by atoms with Crippen molar-refractivity contribution >= 4 is 17.7 Å². The SMILES string of the molecule is N[C@@H](Cc1ccccc1)C(=O)N[C@@H](CO)C(=O)N[C@@H](Cc1ccccc1)[C@H](O)C(=O)NCC1CCCCC1. The molecule has 9 heteroatoms. The molecule has 38 heavy (non-hydrogen) atoms. The predicted octanol–water partition coefficient (Wildman–Crippen LogP) is 0.818. The Bertz CT molecular complexity index is 1010. The first-order valence-corrected chi connectivity index (χ1v) is 13.4. The number of hydrogen-bond donors (Lipinski definition) is 6. The second kappa shape index (κ2) is 15.2. The van der Waals surface area contributed by atoms with E-state index in [1.54, 1.807) is 0 Å². The average Bonchev–Trinajstić information content (AvgIpc) is 2.95. The van der Waals surface area contributed by atoms with Gasteiger partial charge in [-0.25, -0.2) is 0 Å². The Hall–Kier alpha value is -3.27. The molecule has 0 heterocycles. The molecule has 1 aliphatic carbocycles. The van der Waals surface area contributed by atoms with Crippen LogP contribution in [0.3, 0.4) is 0 Å². The van der Waals surface area contributed by atoms with E-state index in [-0.39, 0.29) is 12.8 Å². The number of carbonyl (C=O) groups excluding carboxylic acids is 3. The summed E-state index contributed by atoms with van der Waals surface area (Å²) in [7, 11) is 0. The van der Waals surface area contributed by atoms with E-state index >= 15 is 0 Å². The number of amides is 3. The van der Waals surface area contributed by atoms with Gasteiger partial charge >= 0.3 is 0 Å². The monoisotopic (exact) mass is 524 g/mol. The molecule has 206 valence electrons. The van der Waals surface area contributed by atoms with Crippen molar-refractivity contribution in [2.75, 3.05) is 13.2 Å². The van der Waals surface area contributed by atoms with Crippen LogP contribution in [0.25, 0.3) is 0 Å². The van der Waals surface area contributed by atoms with Crippen LogP contribution < -0.4 is 21.7 Å². The van der Waals surface area contributed by atoms with Gasteiger partial charge < -0.3 is 31.9 Å². The van der Waals surface area contributed by atoms with Crippen molar-refractivity contribution in [3.63, 3.8) is 0 Å². The van der Waals surface area contributed by atoms with Gasteiger partial charge in [-0.2, -0.15) is 0 Å². The molecule has 4 atom stereocenters. The first kappa shape index (κ1) is 29.3. The zero-order valence-corrected chi connectivity index (χ0v) is 21.7.